The average molecular weight is 281 g/mol. The molecule has 0 saturated carbocycles. The van der Waals surface area contributed by atoms with Crippen LogP contribution in [-0.2, 0) is 13.8 Å². The van der Waals surface area contributed by atoms with Crippen LogP contribution in [-0.4, -0.2) is 58.9 Å². The van der Waals surface area contributed by atoms with E-state index < -0.39 is 7.82 Å². The summed E-state index contributed by atoms with van der Waals surface area (Å²) in [5, 5.41) is 16.2. The Morgan fingerprint density at radius 1 is 1.06 bits per heavy atom. The number of rotatable bonds is 8. The first-order valence-electron chi connectivity index (χ1n) is 4.53. The standard InChI is InChI=1S/C4H10O3.C3H8ClO4P/c5-1-3-7-4-2-6;4-2-1-3-8-9(5,6)7/h5-6H,1-4H2;1-3H2,(H2,5,6,7). The molecule has 0 heterocycles. The normalized spacial score (nSPS) is 10.8. The van der Waals surface area contributed by atoms with Crippen molar-refractivity contribution in [3.63, 3.8) is 0 Å². The Balaban J connectivity index is 0. The number of phosphoric ester groups is 1. The molecule has 0 amide bonds. The van der Waals surface area contributed by atoms with Gasteiger partial charge in [0.25, 0.3) is 0 Å². The van der Waals surface area contributed by atoms with E-state index in [1.165, 1.54) is 0 Å². The summed E-state index contributed by atoms with van der Waals surface area (Å²) in [6.07, 6.45) is 0.451. The molecular formula is C7H18ClO7P. The quantitative estimate of drug-likeness (QED) is 0.274. The zero-order valence-electron chi connectivity index (χ0n) is 8.79. The summed E-state index contributed by atoms with van der Waals surface area (Å²) in [6, 6.07) is 0. The number of aliphatic hydroxyl groups excluding tert-OH is 2. The van der Waals surface area contributed by atoms with Crippen LogP contribution in [0.15, 0.2) is 0 Å². The number of hydrogen-bond acceptors (Lipinski definition) is 5. The summed E-state index contributed by atoms with van der Waals surface area (Å²) < 4.78 is 18.6. The van der Waals surface area contributed by atoms with Crippen molar-refractivity contribution in [1.82, 2.24) is 0 Å². The van der Waals surface area contributed by atoms with Gasteiger partial charge in [0.05, 0.1) is 33.0 Å². The highest BCUT2D eigenvalue weighted by Gasteiger charge is 2.11. The molecule has 0 spiro atoms. The van der Waals surface area contributed by atoms with Gasteiger partial charge in [0.15, 0.2) is 0 Å². The molecule has 0 aliphatic heterocycles. The van der Waals surface area contributed by atoms with Crippen molar-refractivity contribution in [2.75, 3.05) is 38.9 Å². The molecule has 0 aromatic heterocycles. The van der Waals surface area contributed by atoms with E-state index in [0.717, 1.165) is 0 Å². The Morgan fingerprint density at radius 3 is 1.88 bits per heavy atom. The Bertz CT molecular complexity index is 170. The highest BCUT2D eigenvalue weighted by Crippen LogP contribution is 2.35. The molecule has 0 rings (SSSR count). The van der Waals surface area contributed by atoms with Crippen molar-refractivity contribution in [2.24, 2.45) is 0 Å². The Labute approximate surface area is 99.2 Å². The van der Waals surface area contributed by atoms with Gasteiger partial charge in [0.1, 0.15) is 0 Å². The van der Waals surface area contributed by atoms with Crippen molar-refractivity contribution in [1.29, 1.82) is 0 Å². The minimum atomic E-state index is -4.25. The summed E-state index contributed by atoms with van der Waals surface area (Å²) in [5.74, 6) is 0.347. The van der Waals surface area contributed by atoms with Gasteiger partial charge in [-0.1, -0.05) is 0 Å². The van der Waals surface area contributed by atoms with Gasteiger partial charge in [-0.2, -0.15) is 0 Å². The van der Waals surface area contributed by atoms with E-state index in [-0.39, 0.29) is 19.8 Å². The Kier molecular flexibility index (Phi) is 15.5. The molecule has 0 aromatic rings. The van der Waals surface area contributed by atoms with Crippen molar-refractivity contribution >= 4 is 19.4 Å². The molecule has 9 heteroatoms. The third kappa shape index (κ3) is 23.8. The second-order valence-corrected chi connectivity index (χ2v) is 4.04. The maximum absolute atomic E-state index is 9.94. The fourth-order valence-electron chi connectivity index (χ4n) is 0.469. The minimum absolute atomic E-state index is 0.00772. The minimum Gasteiger partial charge on any atom is -0.394 e. The topological polar surface area (TPSA) is 116 Å². The predicted octanol–water partition coefficient (Wildman–Crippen LogP) is -0.288. The summed E-state index contributed by atoms with van der Waals surface area (Å²) in [4.78, 5) is 16.2. The summed E-state index contributed by atoms with van der Waals surface area (Å²) >= 11 is 5.20. The van der Waals surface area contributed by atoms with Crippen molar-refractivity contribution in [3.8, 4) is 0 Å². The summed E-state index contributed by atoms with van der Waals surface area (Å²) in [7, 11) is -4.25. The molecule has 0 aliphatic rings. The van der Waals surface area contributed by atoms with Crippen LogP contribution in [0.1, 0.15) is 6.42 Å². The average Bonchev–Trinajstić information content (AvgIpc) is 2.18. The first-order chi connectivity index (χ1) is 7.47. The molecule has 7 nitrogen and oxygen atoms in total. The SMILES string of the molecule is O=P(O)(O)OCCCCl.OCCOCCO. The summed E-state index contributed by atoms with van der Waals surface area (Å²) in [6.45, 7) is 0.703. The number of ether oxygens (including phenoxy) is 1. The van der Waals surface area contributed by atoms with Gasteiger partial charge in [-0.05, 0) is 6.42 Å². The zero-order chi connectivity index (χ0) is 12.9. The maximum atomic E-state index is 9.94. The van der Waals surface area contributed by atoms with Crippen LogP contribution in [0.2, 0.25) is 0 Å². The molecule has 0 unspecified atom stereocenters. The smallest absolute Gasteiger partial charge is 0.394 e. The Morgan fingerprint density at radius 2 is 1.56 bits per heavy atom. The van der Waals surface area contributed by atoms with E-state index in [2.05, 4.69) is 9.26 Å². The van der Waals surface area contributed by atoms with Crippen LogP contribution >= 0.6 is 19.4 Å². The molecule has 0 fully saturated rings. The Hall–Kier alpha value is 0.280. The zero-order valence-corrected chi connectivity index (χ0v) is 10.4. The van der Waals surface area contributed by atoms with Gasteiger partial charge in [-0.25, -0.2) is 4.57 Å². The molecule has 100 valence electrons. The lowest BCUT2D eigenvalue weighted by Crippen LogP contribution is -2.03. The molecule has 0 bridgehead atoms. The molecular weight excluding hydrogens is 262 g/mol. The monoisotopic (exact) mass is 280 g/mol. The maximum Gasteiger partial charge on any atom is 0.469 e. The molecule has 16 heavy (non-hydrogen) atoms. The summed E-state index contributed by atoms with van der Waals surface area (Å²) in [5.41, 5.74) is 0. The molecule has 0 saturated heterocycles. The number of phosphoric acid groups is 1. The molecule has 0 radical (unpaired) electrons. The number of halogens is 1. The van der Waals surface area contributed by atoms with E-state index in [4.69, 9.17) is 31.6 Å². The number of alkyl halides is 1. The number of aliphatic hydroxyl groups is 2. The van der Waals surface area contributed by atoms with Crippen molar-refractivity contribution < 1.29 is 33.8 Å². The first kappa shape index (κ1) is 18.6. The van der Waals surface area contributed by atoms with E-state index >= 15 is 0 Å². The van der Waals surface area contributed by atoms with E-state index in [0.29, 0.717) is 25.5 Å². The van der Waals surface area contributed by atoms with E-state index in [1.807, 2.05) is 0 Å². The van der Waals surface area contributed by atoms with Gasteiger partial charge < -0.3 is 24.7 Å². The molecule has 0 aliphatic carbocycles. The number of hydrogen-bond donors (Lipinski definition) is 4. The van der Waals surface area contributed by atoms with Crippen molar-refractivity contribution in [3.05, 3.63) is 0 Å². The lowest BCUT2D eigenvalue weighted by molar-refractivity contribution is 0.0650. The second-order valence-electron chi connectivity index (χ2n) is 2.43. The van der Waals surface area contributed by atoms with Gasteiger partial charge in [-0.15, -0.1) is 11.6 Å². The van der Waals surface area contributed by atoms with Crippen LogP contribution in [0.4, 0.5) is 0 Å². The molecule has 0 aromatic carbocycles. The van der Waals surface area contributed by atoms with Gasteiger partial charge in [0, 0.05) is 5.88 Å². The third-order valence-electron chi connectivity index (χ3n) is 1.01. The van der Waals surface area contributed by atoms with Crippen LogP contribution < -0.4 is 0 Å². The van der Waals surface area contributed by atoms with Crippen molar-refractivity contribution in [2.45, 2.75) is 6.42 Å². The highest BCUT2D eigenvalue weighted by atomic mass is 35.5. The van der Waals surface area contributed by atoms with Crippen LogP contribution in [0.3, 0.4) is 0 Å². The van der Waals surface area contributed by atoms with Gasteiger partial charge in [0.2, 0.25) is 0 Å². The molecule has 0 atom stereocenters. The van der Waals surface area contributed by atoms with Gasteiger partial charge >= 0.3 is 7.82 Å². The van der Waals surface area contributed by atoms with Crippen LogP contribution in [0.25, 0.3) is 0 Å². The third-order valence-corrected chi connectivity index (χ3v) is 1.79. The molecule has 4 N–H and O–H groups in total. The highest BCUT2D eigenvalue weighted by molar-refractivity contribution is 7.46. The fourth-order valence-corrected chi connectivity index (χ4v) is 0.945. The van der Waals surface area contributed by atoms with Gasteiger partial charge in [-0.3, -0.25) is 4.52 Å². The predicted molar refractivity (Wildman–Crippen MR) is 58.3 cm³/mol. The second kappa shape index (κ2) is 13.3. The lowest BCUT2D eigenvalue weighted by atomic mass is 10.5. The fraction of sp³-hybridized carbons (Fsp3) is 1.00. The van der Waals surface area contributed by atoms with E-state index in [9.17, 15) is 4.57 Å². The van der Waals surface area contributed by atoms with E-state index in [1.54, 1.807) is 0 Å². The van der Waals surface area contributed by atoms with Crippen LogP contribution in [0.5, 0.6) is 0 Å². The first-order valence-corrected chi connectivity index (χ1v) is 6.60. The van der Waals surface area contributed by atoms with Crippen LogP contribution in [0, 0.1) is 0 Å². The lowest BCUT2D eigenvalue weighted by Gasteiger charge is -2.01. The largest absolute Gasteiger partial charge is 0.469 e.